The molecule has 0 radical (unpaired) electrons. The summed E-state index contributed by atoms with van der Waals surface area (Å²) >= 11 is 0. The lowest BCUT2D eigenvalue weighted by atomic mass is 10.0. The van der Waals surface area contributed by atoms with Crippen molar-refractivity contribution in [2.45, 2.75) is 6.23 Å². The minimum Gasteiger partial charge on any atom is -0.506 e. The van der Waals surface area contributed by atoms with Gasteiger partial charge in [-0.05, 0) is 28.7 Å². The van der Waals surface area contributed by atoms with Gasteiger partial charge in [0.15, 0.2) is 5.82 Å². The van der Waals surface area contributed by atoms with Crippen LogP contribution in [-0.4, -0.2) is 44.5 Å². The van der Waals surface area contributed by atoms with Gasteiger partial charge in [-0.2, -0.15) is 13.1 Å². The molecule has 0 aromatic heterocycles. The predicted octanol–water partition coefficient (Wildman–Crippen LogP) is 0.644. The first-order valence-corrected chi connectivity index (χ1v) is 9.14. The van der Waals surface area contributed by atoms with E-state index in [0.29, 0.717) is 16.2 Å². The molecule has 2 aromatic rings. The number of phenols is 1. The summed E-state index contributed by atoms with van der Waals surface area (Å²) in [6.45, 7) is 1.04. The summed E-state index contributed by atoms with van der Waals surface area (Å²) in [6, 6.07) is 6.47. The van der Waals surface area contributed by atoms with E-state index in [0.717, 1.165) is 17.7 Å². The number of anilines is 1. The highest BCUT2D eigenvalue weighted by atomic mass is 32.2. The zero-order valence-electron chi connectivity index (χ0n) is 13.0. The maximum atomic E-state index is 15.1. The monoisotopic (exact) mass is 365 g/mol. The summed E-state index contributed by atoms with van der Waals surface area (Å²) in [6.07, 6.45) is 0.645. The maximum absolute atomic E-state index is 15.1. The number of hydrogen-bond acceptors (Lipinski definition) is 5. The molecular formula is C16H16FN3O4S. The maximum Gasteiger partial charge on any atom is 0.304 e. The van der Waals surface area contributed by atoms with Gasteiger partial charge in [0.1, 0.15) is 17.7 Å². The molecule has 25 heavy (non-hydrogen) atoms. The molecule has 4 N–H and O–H groups in total. The van der Waals surface area contributed by atoms with E-state index in [1.54, 1.807) is 12.1 Å². The number of β-amino-alcohol motifs (C(OH)–C–C–N with tert-alkyl or cyclic N) is 1. The standard InChI is InChI=1S/C16H16FN3O4S/c17-15-12-5-9(11-3-4-18-7-11)1-2-10(12)6-13(21)16(15)20-8-14(22)19-25(20,23)24/h1-3,5-6,14,18-19,21-22H,4,7-8H2. The van der Waals surface area contributed by atoms with Gasteiger partial charge in [-0.25, -0.2) is 8.70 Å². The molecule has 4 rings (SSSR count). The van der Waals surface area contributed by atoms with Gasteiger partial charge in [-0.1, -0.05) is 18.2 Å². The molecule has 2 aliphatic rings. The highest BCUT2D eigenvalue weighted by Gasteiger charge is 2.38. The average Bonchev–Trinajstić information content (AvgIpc) is 3.15. The Kier molecular flexibility index (Phi) is 3.69. The Morgan fingerprint density at radius 3 is 2.72 bits per heavy atom. The fraction of sp³-hybridized carbons (Fsp3) is 0.250. The van der Waals surface area contributed by atoms with Crippen LogP contribution in [0.4, 0.5) is 10.1 Å². The highest BCUT2D eigenvalue weighted by Crippen LogP contribution is 2.39. The fourth-order valence-corrected chi connectivity index (χ4v) is 4.50. The van der Waals surface area contributed by atoms with Gasteiger partial charge in [-0.15, -0.1) is 0 Å². The van der Waals surface area contributed by atoms with Crippen molar-refractivity contribution in [2.24, 2.45) is 0 Å². The summed E-state index contributed by atoms with van der Waals surface area (Å²) in [7, 11) is -4.12. The Labute approximate surface area is 143 Å². The molecule has 9 heteroatoms. The number of aliphatic hydroxyl groups excluding tert-OH is 1. The van der Waals surface area contributed by atoms with Crippen molar-refractivity contribution in [1.82, 2.24) is 10.0 Å². The van der Waals surface area contributed by atoms with Crippen LogP contribution in [0, 0.1) is 5.82 Å². The van der Waals surface area contributed by atoms with Crippen LogP contribution < -0.4 is 14.3 Å². The topological polar surface area (TPSA) is 102 Å². The van der Waals surface area contributed by atoms with Gasteiger partial charge in [0.05, 0.1) is 6.54 Å². The summed E-state index contributed by atoms with van der Waals surface area (Å²) in [5.41, 5.74) is 1.39. The number of aliphatic hydroxyl groups is 1. The van der Waals surface area contributed by atoms with Crippen molar-refractivity contribution in [3.63, 3.8) is 0 Å². The van der Waals surface area contributed by atoms with E-state index in [1.165, 1.54) is 6.07 Å². The predicted molar refractivity (Wildman–Crippen MR) is 91.8 cm³/mol. The molecular weight excluding hydrogens is 349 g/mol. The van der Waals surface area contributed by atoms with Crippen LogP contribution in [0.3, 0.4) is 0 Å². The van der Waals surface area contributed by atoms with Gasteiger partial charge < -0.3 is 15.5 Å². The molecule has 2 aromatic carbocycles. The van der Waals surface area contributed by atoms with Crippen LogP contribution in [0.2, 0.25) is 0 Å². The lowest BCUT2D eigenvalue weighted by Gasteiger charge is -2.19. The van der Waals surface area contributed by atoms with E-state index in [2.05, 4.69) is 5.32 Å². The smallest absolute Gasteiger partial charge is 0.304 e. The molecule has 1 unspecified atom stereocenters. The molecule has 2 aliphatic heterocycles. The van der Waals surface area contributed by atoms with Crippen LogP contribution in [-0.2, 0) is 10.2 Å². The van der Waals surface area contributed by atoms with E-state index in [1.807, 2.05) is 16.9 Å². The second kappa shape index (κ2) is 5.67. The number of rotatable bonds is 2. The second-order valence-electron chi connectivity index (χ2n) is 6.02. The molecule has 7 nitrogen and oxygen atoms in total. The van der Waals surface area contributed by atoms with E-state index < -0.39 is 33.7 Å². The molecule has 0 aliphatic carbocycles. The molecule has 0 amide bonds. The zero-order valence-corrected chi connectivity index (χ0v) is 13.8. The Bertz CT molecular complexity index is 1010. The molecule has 0 spiro atoms. The quantitative estimate of drug-likeness (QED) is 0.626. The van der Waals surface area contributed by atoms with Crippen LogP contribution in [0.25, 0.3) is 16.3 Å². The third kappa shape index (κ3) is 2.65. The minimum atomic E-state index is -4.12. The number of hydrogen-bond donors (Lipinski definition) is 4. The van der Waals surface area contributed by atoms with Crippen molar-refractivity contribution >= 4 is 32.2 Å². The fourth-order valence-electron chi connectivity index (χ4n) is 3.20. The van der Waals surface area contributed by atoms with Crippen molar-refractivity contribution in [2.75, 3.05) is 23.9 Å². The minimum absolute atomic E-state index is 0.203. The molecule has 1 saturated heterocycles. The number of aromatic hydroxyl groups is 1. The van der Waals surface area contributed by atoms with Crippen LogP contribution >= 0.6 is 0 Å². The number of nitrogens with zero attached hydrogens (tertiary/aromatic N) is 1. The van der Waals surface area contributed by atoms with E-state index in [4.69, 9.17) is 0 Å². The lowest BCUT2D eigenvalue weighted by Crippen LogP contribution is -2.30. The third-order valence-corrected chi connectivity index (χ3v) is 5.86. The Morgan fingerprint density at radius 1 is 1.28 bits per heavy atom. The van der Waals surface area contributed by atoms with E-state index in [-0.39, 0.29) is 11.9 Å². The molecule has 0 bridgehead atoms. The van der Waals surface area contributed by atoms with Crippen molar-refractivity contribution in [1.29, 1.82) is 0 Å². The molecule has 0 saturated carbocycles. The Morgan fingerprint density at radius 2 is 2.08 bits per heavy atom. The van der Waals surface area contributed by atoms with E-state index in [9.17, 15) is 18.6 Å². The number of fused-ring (bicyclic) bond motifs is 1. The lowest BCUT2D eigenvalue weighted by molar-refractivity contribution is 0.183. The van der Waals surface area contributed by atoms with Crippen LogP contribution in [0.5, 0.6) is 5.75 Å². The first-order valence-electron chi connectivity index (χ1n) is 7.70. The SMILES string of the molecule is O=S1(=O)NC(O)CN1c1c(O)cc2ccc(C3=CCNC3)cc2c1F. The first-order chi connectivity index (χ1) is 11.9. The summed E-state index contributed by atoms with van der Waals surface area (Å²) in [5, 5.41) is 23.5. The largest absolute Gasteiger partial charge is 0.506 e. The van der Waals surface area contributed by atoms with Crippen LogP contribution in [0.1, 0.15) is 5.56 Å². The average molecular weight is 365 g/mol. The van der Waals surface area contributed by atoms with Gasteiger partial charge in [0, 0.05) is 18.5 Å². The van der Waals surface area contributed by atoms with E-state index >= 15 is 4.39 Å². The van der Waals surface area contributed by atoms with Crippen molar-refractivity contribution in [3.05, 3.63) is 41.7 Å². The van der Waals surface area contributed by atoms with Crippen molar-refractivity contribution < 1.29 is 23.0 Å². The van der Waals surface area contributed by atoms with Gasteiger partial charge in [0.2, 0.25) is 0 Å². The molecule has 2 heterocycles. The number of benzene rings is 2. The Hall–Kier alpha value is -2.20. The number of halogens is 1. The summed E-state index contributed by atoms with van der Waals surface area (Å²) in [4.78, 5) is 0. The first kappa shape index (κ1) is 16.3. The second-order valence-corrected chi connectivity index (χ2v) is 7.65. The summed E-state index contributed by atoms with van der Waals surface area (Å²) in [5.74, 6) is -1.35. The van der Waals surface area contributed by atoms with Crippen molar-refractivity contribution in [3.8, 4) is 5.75 Å². The number of nitrogens with one attached hydrogen (secondary N) is 2. The zero-order chi connectivity index (χ0) is 17.8. The van der Waals surface area contributed by atoms with Gasteiger partial charge >= 0.3 is 10.2 Å². The van der Waals surface area contributed by atoms with Gasteiger partial charge in [-0.3, -0.25) is 0 Å². The highest BCUT2D eigenvalue weighted by molar-refractivity contribution is 7.91. The third-order valence-electron chi connectivity index (χ3n) is 4.37. The summed E-state index contributed by atoms with van der Waals surface area (Å²) < 4.78 is 41.8. The normalized spacial score (nSPS) is 22.6. The van der Waals surface area contributed by atoms with Gasteiger partial charge in [0.25, 0.3) is 0 Å². The van der Waals surface area contributed by atoms with Crippen LogP contribution in [0.15, 0.2) is 30.3 Å². The molecule has 1 atom stereocenters. The number of phenolic OH excluding ortho intramolecular Hbond substituents is 1. The Balaban J connectivity index is 1.90. The molecule has 132 valence electrons. The molecule has 1 fully saturated rings.